The van der Waals surface area contributed by atoms with Gasteiger partial charge in [-0.1, -0.05) is 34.1 Å². The number of carbonyl (C=O) groups is 1. The lowest BCUT2D eigenvalue weighted by Gasteiger charge is -2.30. The summed E-state index contributed by atoms with van der Waals surface area (Å²) in [4.78, 5) is 11.7. The molecule has 0 aromatic heterocycles. The van der Waals surface area contributed by atoms with Crippen molar-refractivity contribution in [3.63, 3.8) is 0 Å². The number of ether oxygens (including phenoxy) is 1. The molecular weight excluding hydrogens is 252 g/mol. The number of hydrogen-bond acceptors (Lipinski definition) is 3. The smallest absolute Gasteiger partial charge is 0.407 e. The molecule has 0 heterocycles. The molecule has 0 rings (SSSR count). The average Bonchev–Trinajstić information content (AvgIpc) is 2.30. The van der Waals surface area contributed by atoms with Crippen molar-refractivity contribution >= 4 is 6.09 Å². The lowest BCUT2D eigenvalue weighted by molar-refractivity contribution is 0.0517. The summed E-state index contributed by atoms with van der Waals surface area (Å²) >= 11 is 0. The summed E-state index contributed by atoms with van der Waals surface area (Å²) in [6.45, 7) is 17.2. The third-order valence-electron chi connectivity index (χ3n) is 3.64. The van der Waals surface area contributed by atoms with Crippen molar-refractivity contribution < 1.29 is 9.53 Å². The van der Waals surface area contributed by atoms with E-state index in [1.165, 1.54) is 0 Å². The Bertz CT molecular complexity index is 285. The van der Waals surface area contributed by atoms with Crippen LogP contribution in [-0.2, 0) is 4.74 Å². The van der Waals surface area contributed by atoms with Crippen molar-refractivity contribution in [1.82, 2.24) is 10.6 Å². The molecule has 0 aromatic rings. The molecule has 0 radical (unpaired) electrons. The normalized spacial score (nSPS) is 16.6. The molecule has 0 fully saturated rings. The first-order chi connectivity index (χ1) is 9.06. The molecule has 4 nitrogen and oxygen atoms in total. The van der Waals surface area contributed by atoms with Gasteiger partial charge in [-0.15, -0.1) is 0 Å². The van der Waals surface area contributed by atoms with Crippen LogP contribution in [-0.4, -0.2) is 30.3 Å². The van der Waals surface area contributed by atoms with Gasteiger partial charge in [0.05, 0.1) is 0 Å². The maximum Gasteiger partial charge on any atom is 0.407 e. The third-order valence-corrected chi connectivity index (χ3v) is 3.64. The van der Waals surface area contributed by atoms with Gasteiger partial charge in [-0.05, 0) is 39.5 Å². The Hall–Kier alpha value is -0.770. The summed E-state index contributed by atoms with van der Waals surface area (Å²) in [5.41, 5.74) is -0.450. The van der Waals surface area contributed by atoms with E-state index in [1.54, 1.807) is 0 Å². The predicted molar refractivity (Wildman–Crippen MR) is 84.9 cm³/mol. The van der Waals surface area contributed by atoms with Crippen LogP contribution >= 0.6 is 0 Å². The quantitative estimate of drug-likeness (QED) is 0.752. The van der Waals surface area contributed by atoms with E-state index < -0.39 is 5.60 Å². The molecule has 2 N–H and O–H groups in total. The summed E-state index contributed by atoms with van der Waals surface area (Å²) < 4.78 is 5.26. The monoisotopic (exact) mass is 286 g/mol. The minimum Gasteiger partial charge on any atom is -0.444 e. The van der Waals surface area contributed by atoms with Gasteiger partial charge in [0.25, 0.3) is 0 Å². The fourth-order valence-electron chi connectivity index (χ4n) is 1.85. The standard InChI is InChI=1S/C16H34N2O2/c1-9-12(4)13(5)18-14(11(2)3)10-17-15(19)20-16(6,7)8/h11-14,18H,9-10H2,1-8H3,(H,17,19). The van der Waals surface area contributed by atoms with Crippen LogP contribution in [0.4, 0.5) is 4.79 Å². The van der Waals surface area contributed by atoms with Crippen LogP contribution in [0, 0.1) is 11.8 Å². The molecule has 1 amide bonds. The molecule has 20 heavy (non-hydrogen) atoms. The van der Waals surface area contributed by atoms with Gasteiger partial charge in [-0.3, -0.25) is 0 Å². The second kappa shape index (κ2) is 8.50. The van der Waals surface area contributed by atoms with Gasteiger partial charge >= 0.3 is 6.09 Å². The van der Waals surface area contributed by atoms with E-state index in [0.29, 0.717) is 24.4 Å². The van der Waals surface area contributed by atoms with Crippen molar-refractivity contribution in [2.75, 3.05) is 6.54 Å². The molecule has 0 bridgehead atoms. The van der Waals surface area contributed by atoms with E-state index in [-0.39, 0.29) is 12.1 Å². The summed E-state index contributed by atoms with van der Waals surface area (Å²) in [6, 6.07) is 0.694. The summed E-state index contributed by atoms with van der Waals surface area (Å²) in [7, 11) is 0. The van der Waals surface area contributed by atoms with Crippen LogP contribution in [0.2, 0.25) is 0 Å². The number of amides is 1. The molecular formula is C16H34N2O2. The highest BCUT2D eigenvalue weighted by Crippen LogP contribution is 2.11. The number of carbonyl (C=O) groups excluding carboxylic acids is 1. The SMILES string of the molecule is CCC(C)C(C)NC(CNC(=O)OC(C)(C)C)C(C)C. The van der Waals surface area contributed by atoms with Crippen molar-refractivity contribution in [1.29, 1.82) is 0 Å². The highest BCUT2D eigenvalue weighted by Gasteiger charge is 2.21. The number of rotatable bonds is 7. The van der Waals surface area contributed by atoms with Crippen LogP contribution < -0.4 is 10.6 Å². The zero-order valence-electron chi connectivity index (χ0n) is 14.5. The molecule has 0 aliphatic rings. The second-order valence-electron chi connectivity index (χ2n) is 7.07. The molecule has 0 spiro atoms. The van der Waals surface area contributed by atoms with Crippen molar-refractivity contribution in [3.8, 4) is 0 Å². The first-order valence-electron chi connectivity index (χ1n) is 7.79. The number of nitrogens with one attached hydrogen (secondary N) is 2. The Morgan fingerprint density at radius 3 is 2.10 bits per heavy atom. The largest absolute Gasteiger partial charge is 0.444 e. The zero-order chi connectivity index (χ0) is 15.9. The fourth-order valence-corrected chi connectivity index (χ4v) is 1.85. The molecule has 3 atom stereocenters. The minimum atomic E-state index is -0.450. The third kappa shape index (κ3) is 8.41. The summed E-state index contributed by atoms with van der Waals surface area (Å²) in [6.07, 6.45) is 0.805. The first-order valence-corrected chi connectivity index (χ1v) is 7.79. The highest BCUT2D eigenvalue weighted by molar-refractivity contribution is 5.67. The zero-order valence-corrected chi connectivity index (χ0v) is 14.5. The van der Waals surface area contributed by atoms with Crippen molar-refractivity contribution in [2.24, 2.45) is 11.8 Å². The molecule has 0 aliphatic carbocycles. The molecule has 0 saturated carbocycles. The predicted octanol–water partition coefficient (Wildman–Crippen LogP) is 3.56. The Morgan fingerprint density at radius 2 is 1.70 bits per heavy atom. The number of hydrogen-bond donors (Lipinski definition) is 2. The van der Waals surface area contributed by atoms with E-state index in [1.807, 2.05) is 20.8 Å². The van der Waals surface area contributed by atoms with E-state index in [2.05, 4.69) is 45.3 Å². The van der Waals surface area contributed by atoms with E-state index in [0.717, 1.165) is 6.42 Å². The maximum atomic E-state index is 11.7. The molecule has 4 heteroatoms. The van der Waals surface area contributed by atoms with Crippen molar-refractivity contribution in [3.05, 3.63) is 0 Å². The topological polar surface area (TPSA) is 50.4 Å². The lowest BCUT2D eigenvalue weighted by Crippen LogP contribution is -2.49. The Balaban J connectivity index is 4.32. The van der Waals surface area contributed by atoms with Crippen LogP contribution in [0.5, 0.6) is 0 Å². The maximum absolute atomic E-state index is 11.7. The molecule has 120 valence electrons. The number of alkyl carbamates (subject to hydrolysis) is 1. The van der Waals surface area contributed by atoms with Gasteiger partial charge in [0.1, 0.15) is 5.60 Å². The van der Waals surface area contributed by atoms with E-state index >= 15 is 0 Å². The van der Waals surface area contributed by atoms with Gasteiger partial charge in [-0.2, -0.15) is 0 Å². The lowest BCUT2D eigenvalue weighted by atomic mass is 9.97. The van der Waals surface area contributed by atoms with Crippen LogP contribution in [0.1, 0.15) is 61.8 Å². The molecule has 3 unspecified atom stereocenters. The van der Waals surface area contributed by atoms with Crippen LogP contribution in [0.25, 0.3) is 0 Å². The highest BCUT2D eigenvalue weighted by atomic mass is 16.6. The Morgan fingerprint density at radius 1 is 1.15 bits per heavy atom. The Kier molecular flexibility index (Phi) is 8.17. The minimum absolute atomic E-state index is 0.256. The van der Waals surface area contributed by atoms with Crippen molar-refractivity contribution in [2.45, 2.75) is 79.5 Å². The Labute approximate surface area is 125 Å². The van der Waals surface area contributed by atoms with Crippen LogP contribution in [0.15, 0.2) is 0 Å². The van der Waals surface area contributed by atoms with Crippen LogP contribution in [0.3, 0.4) is 0 Å². The van der Waals surface area contributed by atoms with Gasteiger partial charge in [-0.25, -0.2) is 4.79 Å². The second-order valence-corrected chi connectivity index (χ2v) is 7.07. The van der Waals surface area contributed by atoms with Gasteiger partial charge < -0.3 is 15.4 Å². The first kappa shape index (κ1) is 19.2. The molecule has 0 aromatic carbocycles. The summed E-state index contributed by atoms with van der Waals surface area (Å²) in [5, 5.41) is 6.47. The molecule has 0 saturated heterocycles. The van der Waals surface area contributed by atoms with E-state index in [9.17, 15) is 4.79 Å². The van der Waals surface area contributed by atoms with Gasteiger partial charge in [0, 0.05) is 18.6 Å². The average molecular weight is 286 g/mol. The summed E-state index contributed by atoms with van der Waals surface area (Å²) in [5.74, 6) is 1.08. The van der Waals surface area contributed by atoms with Gasteiger partial charge in [0.15, 0.2) is 0 Å². The van der Waals surface area contributed by atoms with Gasteiger partial charge in [0.2, 0.25) is 0 Å². The molecule has 0 aliphatic heterocycles. The van der Waals surface area contributed by atoms with E-state index in [4.69, 9.17) is 4.74 Å². The fraction of sp³-hybridized carbons (Fsp3) is 0.938.